The van der Waals surface area contributed by atoms with Gasteiger partial charge < -0.3 is 5.11 Å². The van der Waals surface area contributed by atoms with Crippen LogP contribution in [0.5, 0.6) is 0 Å². The number of aryl methyl sites for hydroxylation is 2. The van der Waals surface area contributed by atoms with Gasteiger partial charge in [0.25, 0.3) is 0 Å². The van der Waals surface area contributed by atoms with Gasteiger partial charge in [-0.15, -0.1) is 11.8 Å². The average Bonchev–Trinajstić information content (AvgIpc) is 2.38. The summed E-state index contributed by atoms with van der Waals surface area (Å²) >= 11 is 0. The van der Waals surface area contributed by atoms with Crippen LogP contribution in [0.25, 0.3) is 0 Å². The molecule has 0 heterocycles. The third-order valence-electron chi connectivity index (χ3n) is 3.88. The first-order valence-corrected chi connectivity index (χ1v) is 6.88. The molecule has 0 bridgehead atoms. The topological polar surface area (TPSA) is 20.2 Å². The van der Waals surface area contributed by atoms with E-state index in [1.54, 1.807) is 0 Å². The lowest BCUT2D eigenvalue weighted by atomic mass is 9.85. The van der Waals surface area contributed by atoms with Crippen molar-refractivity contribution in [2.75, 3.05) is 0 Å². The Kier molecular flexibility index (Phi) is 4.09. The molecule has 1 aliphatic carbocycles. The van der Waals surface area contributed by atoms with Gasteiger partial charge in [0.1, 0.15) is 0 Å². The second kappa shape index (κ2) is 5.59. The molecule has 1 atom stereocenters. The highest BCUT2D eigenvalue weighted by molar-refractivity contribution is 5.36. The second-order valence-electron chi connectivity index (χ2n) is 5.39. The summed E-state index contributed by atoms with van der Waals surface area (Å²) in [6.07, 6.45) is 6.38. The van der Waals surface area contributed by atoms with E-state index in [2.05, 4.69) is 30.0 Å². The van der Waals surface area contributed by atoms with E-state index >= 15 is 0 Å². The normalized spacial score (nSPS) is 17.3. The summed E-state index contributed by atoms with van der Waals surface area (Å²) in [4.78, 5) is 0. The molecule has 96 valence electrons. The summed E-state index contributed by atoms with van der Waals surface area (Å²) in [7, 11) is 0. The standard InChI is InChI=1S/C17H22O/c1-3-4-7-12-17(2,18)16-11-10-14-8-5-6-9-15(14)13-16/h10-11,13,18H,5-9,12H2,1-2H3. The van der Waals surface area contributed by atoms with E-state index < -0.39 is 5.60 Å². The van der Waals surface area contributed by atoms with Gasteiger partial charge in [-0.2, -0.15) is 0 Å². The highest BCUT2D eigenvalue weighted by atomic mass is 16.3. The Labute approximate surface area is 110 Å². The van der Waals surface area contributed by atoms with Crippen molar-refractivity contribution in [3.05, 3.63) is 34.9 Å². The number of rotatable bonds is 3. The Hall–Kier alpha value is -1.26. The molecular weight excluding hydrogens is 220 g/mol. The lowest BCUT2D eigenvalue weighted by Gasteiger charge is -2.25. The molecule has 0 saturated heterocycles. The van der Waals surface area contributed by atoms with Gasteiger partial charge >= 0.3 is 0 Å². The van der Waals surface area contributed by atoms with Gasteiger partial charge in [0.15, 0.2) is 0 Å². The van der Waals surface area contributed by atoms with Gasteiger partial charge in [-0.1, -0.05) is 18.2 Å². The maximum Gasteiger partial charge on any atom is 0.0877 e. The lowest BCUT2D eigenvalue weighted by molar-refractivity contribution is 0.0492. The van der Waals surface area contributed by atoms with Crippen molar-refractivity contribution in [2.24, 2.45) is 0 Å². The first kappa shape index (κ1) is 13.2. The van der Waals surface area contributed by atoms with E-state index in [0.29, 0.717) is 6.42 Å². The van der Waals surface area contributed by atoms with Crippen molar-refractivity contribution in [1.82, 2.24) is 0 Å². The minimum atomic E-state index is -0.754. The van der Waals surface area contributed by atoms with Gasteiger partial charge in [-0.25, -0.2) is 0 Å². The van der Waals surface area contributed by atoms with E-state index in [-0.39, 0.29) is 0 Å². The largest absolute Gasteiger partial charge is 0.385 e. The molecule has 18 heavy (non-hydrogen) atoms. The third-order valence-corrected chi connectivity index (χ3v) is 3.88. The average molecular weight is 242 g/mol. The van der Waals surface area contributed by atoms with Gasteiger partial charge in [-0.3, -0.25) is 0 Å². The minimum Gasteiger partial charge on any atom is -0.385 e. The molecule has 1 aromatic carbocycles. The quantitative estimate of drug-likeness (QED) is 0.803. The van der Waals surface area contributed by atoms with Crippen LogP contribution in [-0.4, -0.2) is 5.11 Å². The molecule has 0 spiro atoms. The van der Waals surface area contributed by atoms with Crippen LogP contribution in [0.3, 0.4) is 0 Å². The Balaban J connectivity index is 2.18. The van der Waals surface area contributed by atoms with E-state index in [1.807, 2.05) is 13.8 Å². The highest BCUT2D eigenvalue weighted by Gasteiger charge is 2.23. The first-order valence-electron chi connectivity index (χ1n) is 6.88. The Morgan fingerprint density at radius 3 is 2.67 bits per heavy atom. The molecule has 1 unspecified atom stereocenters. The van der Waals surface area contributed by atoms with Gasteiger partial charge in [0.05, 0.1) is 5.60 Å². The predicted octanol–water partition coefficient (Wildman–Crippen LogP) is 3.58. The maximum atomic E-state index is 10.5. The number of benzene rings is 1. The van der Waals surface area contributed by atoms with Crippen molar-refractivity contribution in [3.63, 3.8) is 0 Å². The zero-order chi connectivity index (χ0) is 13.0. The van der Waals surface area contributed by atoms with Crippen molar-refractivity contribution >= 4 is 0 Å². The van der Waals surface area contributed by atoms with Crippen molar-refractivity contribution < 1.29 is 5.11 Å². The fourth-order valence-electron chi connectivity index (χ4n) is 2.64. The fourth-order valence-corrected chi connectivity index (χ4v) is 2.64. The van der Waals surface area contributed by atoms with Crippen LogP contribution < -0.4 is 0 Å². The summed E-state index contributed by atoms with van der Waals surface area (Å²) in [5, 5.41) is 10.5. The number of fused-ring (bicyclic) bond motifs is 1. The molecule has 0 saturated carbocycles. The molecule has 1 heteroatoms. The predicted molar refractivity (Wildman–Crippen MR) is 75.3 cm³/mol. The van der Waals surface area contributed by atoms with Gasteiger partial charge in [0.2, 0.25) is 0 Å². The van der Waals surface area contributed by atoms with Crippen LogP contribution in [0.1, 0.15) is 56.2 Å². The molecule has 1 aromatic rings. The number of hydrogen-bond donors (Lipinski definition) is 1. The van der Waals surface area contributed by atoms with Gasteiger partial charge in [-0.05, 0) is 62.6 Å². The van der Waals surface area contributed by atoms with Crippen LogP contribution in [-0.2, 0) is 18.4 Å². The van der Waals surface area contributed by atoms with Crippen LogP contribution in [0.4, 0.5) is 0 Å². The molecule has 1 nitrogen and oxygen atoms in total. The highest BCUT2D eigenvalue weighted by Crippen LogP contribution is 2.30. The smallest absolute Gasteiger partial charge is 0.0877 e. The molecule has 0 fully saturated rings. The Morgan fingerprint density at radius 2 is 1.94 bits per heavy atom. The van der Waals surface area contributed by atoms with Crippen LogP contribution in [0, 0.1) is 11.8 Å². The van der Waals surface area contributed by atoms with Crippen LogP contribution in [0.15, 0.2) is 18.2 Å². The van der Waals surface area contributed by atoms with Crippen LogP contribution in [0.2, 0.25) is 0 Å². The lowest BCUT2D eigenvalue weighted by Crippen LogP contribution is -2.21. The van der Waals surface area contributed by atoms with Gasteiger partial charge in [0, 0.05) is 6.42 Å². The SMILES string of the molecule is CC#CCCC(C)(O)c1ccc2c(c1)CCCC2. The molecule has 1 N–H and O–H groups in total. The number of hydrogen-bond acceptors (Lipinski definition) is 1. The van der Waals surface area contributed by atoms with Crippen LogP contribution >= 0.6 is 0 Å². The molecule has 1 aliphatic rings. The summed E-state index contributed by atoms with van der Waals surface area (Å²) in [5.74, 6) is 5.91. The van der Waals surface area contributed by atoms with Crippen molar-refractivity contribution in [3.8, 4) is 11.8 Å². The molecule has 0 aliphatic heterocycles. The zero-order valence-electron chi connectivity index (χ0n) is 11.4. The Bertz CT molecular complexity index is 474. The maximum absolute atomic E-state index is 10.5. The second-order valence-corrected chi connectivity index (χ2v) is 5.39. The summed E-state index contributed by atoms with van der Waals surface area (Å²) in [6, 6.07) is 6.49. The molecule has 0 amide bonds. The minimum absolute atomic E-state index is 0.701. The Morgan fingerprint density at radius 1 is 1.22 bits per heavy atom. The molecule has 0 aromatic heterocycles. The monoisotopic (exact) mass is 242 g/mol. The summed E-state index contributed by atoms with van der Waals surface area (Å²) in [6.45, 7) is 3.74. The molecule has 0 radical (unpaired) electrons. The van der Waals surface area contributed by atoms with Crippen molar-refractivity contribution in [1.29, 1.82) is 0 Å². The first-order chi connectivity index (χ1) is 8.63. The van der Waals surface area contributed by atoms with Crippen molar-refractivity contribution in [2.45, 2.75) is 58.0 Å². The summed E-state index contributed by atoms with van der Waals surface area (Å²) in [5.41, 5.74) is 3.19. The zero-order valence-corrected chi connectivity index (χ0v) is 11.4. The molecular formula is C17H22O. The third kappa shape index (κ3) is 2.94. The molecule has 2 rings (SSSR count). The fraction of sp³-hybridized carbons (Fsp3) is 0.529. The van der Waals surface area contributed by atoms with E-state index in [0.717, 1.165) is 18.4 Å². The van der Waals surface area contributed by atoms with E-state index in [1.165, 1.54) is 30.4 Å². The van der Waals surface area contributed by atoms with E-state index in [9.17, 15) is 5.11 Å². The summed E-state index contributed by atoms with van der Waals surface area (Å²) < 4.78 is 0. The van der Waals surface area contributed by atoms with E-state index in [4.69, 9.17) is 0 Å². The number of aliphatic hydroxyl groups is 1.